The van der Waals surface area contributed by atoms with Crippen molar-refractivity contribution in [3.8, 4) is 5.75 Å². The second kappa shape index (κ2) is 8.71. The summed E-state index contributed by atoms with van der Waals surface area (Å²) in [5, 5.41) is 3.49. The van der Waals surface area contributed by atoms with Crippen LogP contribution in [-0.2, 0) is 4.79 Å². The molecule has 4 aromatic rings. The van der Waals surface area contributed by atoms with Crippen molar-refractivity contribution in [1.29, 1.82) is 0 Å². The van der Waals surface area contributed by atoms with Crippen molar-refractivity contribution in [2.45, 2.75) is 6.92 Å². The van der Waals surface area contributed by atoms with Crippen LogP contribution in [0.4, 0.5) is 5.69 Å². The number of benzene rings is 3. The quantitative estimate of drug-likeness (QED) is 0.330. The zero-order valence-electron chi connectivity index (χ0n) is 17.2. The van der Waals surface area contributed by atoms with Crippen molar-refractivity contribution in [3.63, 3.8) is 0 Å². The SMILES string of the molecule is COc1ccc(/C=C/C(=O)Nc2c(C(=O)c3ccc(C)cc3)oc3ccccc23)cc1. The number of para-hydroxylation sites is 1. The van der Waals surface area contributed by atoms with Crippen molar-refractivity contribution >= 4 is 34.4 Å². The minimum Gasteiger partial charge on any atom is -0.497 e. The molecule has 0 spiro atoms. The van der Waals surface area contributed by atoms with Crippen LogP contribution in [0.2, 0.25) is 0 Å². The summed E-state index contributed by atoms with van der Waals surface area (Å²) in [6.45, 7) is 1.95. The Bertz CT molecular complexity index is 1270. The number of carbonyl (C=O) groups excluding carboxylic acids is 2. The van der Waals surface area contributed by atoms with E-state index in [0.717, 1.165) is 16.9 Å². The van der Waals surface area contributed by atoms with Gasteiger partial charge in [0.2, 0.25) is 11.7 Å². The maximum atomic E-state index is 13.1. The van der Waals surface area contributed by atoms with E-state index in [-0.39, 0.29) is 17.5 Å². The van der Waals surface area contributed by atoms with Gasteiger partial charge in [0.1, 0.15) is 11.3 Å². The lowest BCUT2D eigenvalue weighted by Crippen LogP contribution is -2.11. The normalized spacial score (nSPS) is 11.0. The summed E-state index contributed by atoms with van der Waals surface area (Å²) in [5.41, 5.74) is 3.30. The van der Waals surface area contributed by atoms with Crippen LogP contribution in [0.3, 0.4) is 0 Å². The highest BCUT2D eigenvalue weighted by Crippen LogP contribution is 2.32. The van der Waals surface area contributed by atoms with Gasteiger partial charge in [-0.15, -0.1) is 0 Å². The van der Waals surface area contributed by atoms with E-state index >= 15 is 0 Å². The highest BCUT2D eigenvalue weighted by atomic mass is 16.5. The standard InChI is InChI=1S/C26H21NO4/c1-17-7-12-19(13-8-17)25(29)26-24(21-5-3-4-6-22(21)31-26)27-23(28)16-11-18-9-14-20(30-2)15-10-18/h3-16H,1-2H3,(H,27,28)/b16-11+. The van der Waals surface area contributed by atoms with Crippen molar-refractivity contribution in [2.75, 3.05) is 12.4 Å². The highest BCUT2D eigenvalue weighted by Gasteiger charge is 2.22. The van der Waals surface area contributed by atoms with Crippen molar-refractivity contribution in [1.82, 2.24) is 0 Å². The van der Waals surface area contributed by atoms with E-state index in [1.165, 1.54) is 6.08 Å². The van der Waals surface area contributed by atoms with E-state index in [1.54, 1.807) is 31.4 Å². The predicted molar refractivity (Wildman–Crippen MR) is 121 cm³/mol. The Morgan fingerprint density at radius 2 is 1.65 bits per heavy atom. The van der Waals surface area contributed by atoms with Gasteiger partial charge in [0.25, 0.3) is 0 Å². The first-order chi connectivity index (χ1) is 15.0. The van der Waals surface area contributed by atoms with Gasteiger partial charge in [0.05, 0.1) is 12.8 Å². The van der Waals surface area contributed by atoms with Crippen LogP contribution in [0.15, 0.2) is 83.3 Å². The van der Waals surface area contributed by atoms with Gasteiger partial charge in [0, 0.05) is 17.0 Å². The van der Waals surface area contributed by atoms with E-state index in [2.05, 4.69) is 5.32 Å². The smallest absolute Gasteiger partial charge is 0.248 e. The molecule has 1 heterocycles. The third-order valence-corrected chi connectivity index (χ3v) is 4.91. The molecular formula is C26H21NO4. The molecule has 0 atom stereocenters. The van der Waals surface area contributed by atoms with Crippen LogP contribution >= 0.6 is 0 Å². The summed E-state index contributed by atoms with van der Waals surface area (Å²) in [7, 11) is 1.60. The molecule has 0 saturated carbocycles. The minimum atomic E-state index is -0.361. The van der Waals surface area contributed by atoms with Crippen LogP contribution in [0.5, 0.6) is 5.75 Å². The average molecular weight is 411 g/mol. The molecule has 0 aliphatic rings. The van der Waals surface area contributed by atoms with Gasteiger partial charge in [-0.05, 0) is 42.8 Å². The Balaban J connectivity index is 1.63. The largest absolute Gasteiger partial charge is 0.497 e. The zero-order chi connectivity index (χ0) is 21.8. The molecule has 31 heavy (non-hydrogen) atoms. The molecule has 1 N–H and O–H groups in total. The topological polar surface area (TPSA) is 68.5 Å². The number of furan rings is 1. The number of ketones is 1. The van der Waals surface area contributed by atoms with Gasteiger partial charge in [-0.2, -0.15) is 0 Å². The van der Waals surface area contributed by atoms with Gasteiger partial charge in [-0.3, -0.25) is 9.59 Å². The number of rotatable bonds is 6. The van der Waals surface area contributed by atoms with Crippen LogP contribution in [0, 0.1) is 6.92 Å². The van der Waals surface area contributed by atoms with Crippen molar-refractivity contribution in [2.24, 2.45) is 0 Å². The minimum absolute atomic E-state index is 0.108. The number of anilines is 1. The fourth-order valence-electron chi connectivity index (χ4n) is 3.22. The summed E-state index contributed by atoms with van der Waals surface area (Å²) < 4.78 is 11.0. The first-order valence-corrected chi connectivity index (χ1v) is 9.81. The molecule has 5 heteroatoms. The molecule has 1 amide bonds. The average Bonchev–Trinajstić information content (AvgIpc) is 3.16. The van der Waals surface area contributed by atoms with Crippen molar-refractivity contribution < 1.29 is 18.7 Å². The molecular weight excluding hydrogens is 390 g/mol. The first kappa shape index (κ1) is 20.2. The second-order valence-corrected chi connectivity index (χ2v) is 7.09. The number of amides is 1. The lowest BCUT2D eigenvalue weighted by Gasteiger charge is -2.04. The van der Waals surface area contributed by atoms with Crippen LogP contribution < -0.4 is 10.1 Å². The molecule has 5 nitrogen and oxygen atoms in total. The highest BCUT2D eigenvalue weighted by molar-refractivity contribution is 6.18. The lowest BCUT2D eigenvalue weighted by atomic mass is 10.1. The number of aryl methyl sites for hydroxylation is 1. The molecule has 154 valence electrons. The lowest BCUT2D eigenvalue weighted by molar-refractivity contribution is -0.111. The number of hydrogen-bond donors (Lipinski definition) is 1. The third-order valence-electron chi connectivity index (χ3n) is 4.91. The van der Waals surface area contributed by atoms with E-state index < -0.39 is 0 Å². The van der Waals surface area contributed by atoms with Gasteiger partial charge in [-0.1, -0.05) is 54.1 Å². The number of carbonyl (C=O) groups is 2. The summed E-state index contributed by atoms with van der Waals surface area (Å²) in [5.74, 6) is 0.202. The predicted octanol–water partition coefficient (Wildman–Crippen LogP) is 5.63. The second-order valence-electron chi connectivity index (χ2n) is 7.09. The fourth-order valence-corrected chi connectivity index (χ4v) is 3.22. The maximum Gasteiger partial charge on any atom is 0.248 e. The van der Waals surface area contributed by atoms with E-state index in [0.29, 0.717) is 22.2 Å². The van der Waals surface area contributed by atoms with Crippen LogP contribution in [0.1, 0.15) is 27.2 Å². The number of ether oxygens (including phenoxy) is 1. The van der Waals surface area contributed by atoms with Gasteiger partial charge >= 0.3 is 0 Å². The molecule has 0 aliphatic heterocycles. The van der Waals surface area contributed by atoms with Gasteiger partial charge in [-0.25, -0.2) is 0 Å². The zero-order valence-corrected chi connectivity index (χ0v) is 17.2. The molecule has 0 fully saturated rings. The summed E-state index contributed by atoms with van der Waals surface area (Å²) in [6.07, 6.45) is 3.11. The molecule has 0 saturated heterocycles. The fraction of sp³-hybridized carbons (Fsp3) is 0.0769. The first-order valence-electron chi connectivity index (χ1n) is 9.81. The molecule has 1 aromatic heterocycles. The molecule has 0 aliphatic carbocycles. The van der Waals surface area contributed by atoms with Crippen LogP contribution in [-0.4, -0.2) is 18.8 Å². The maximum absolute atomic E-state index is 13.1. The number of nitrogens with one attached hydrogen (secondary N) is 1. The Morgan fingerprint density at radius 3 is 2.35 bits per heavy atom. The Hall–Kier alpha value is -4.12. The summed E-state index contributed by atoms with van der Waals surface area (Å²) in [6, 6.07) is 21.8. The Labute approximate surface area is 180 Å². The van der Waals surface area contributed by atoms with Gasteiger partial charge < -0.3 is 14.5 Å². The number of fused-ring (bicyclic) bond motifs is 1. The molecule has 0 bridgehead atoms. The third kappa shape index (κ3) is 4.41. The van der Waals surface area contributed by atoms with E-state index in [1.807, 2.05) is 61.5 Å². The van der Waals surface area contributed by atoms with E-state index in [9.17, 15) is 9.59 Å². The van der Waals surface area contributed by atoms with Crippen LogP contribution in [0.25, 0.3) is 17.0 Å². The molecule has 0 unspecified atom stereocenters. The Kier molecular flexibility index (Phi) is 5.67. The van der Waals surface area contributed by atoms with Crippen molar-refractivity contribution in [3.05, 3.63) is 101 Å². The Morgan fingerprint density at radius 1 is 0.935 bits per heavy atom. The summed E-state index contributed by atoms with van der Waals surface area (Å²) >= 11 is 0. The van der Waals surface area contributed by atoms with Gasteiger partial charge in [0.15, 0.2) is 5.76 Å². The van der Waals surface area contributed by atoms with E-state index in [4.69, 9.17) is 9.15 Å². The molecule has 4 rings (SSSR count). The molecule has 0 radical (unpaired) electrons. The summed E-state index contributed by atoms with van der Waals surface area (Å²) in [4.78, 5) is 25.7. The number of hydrogen-bond acceptors (Lipinski definition) is 4. The molecule has 3 aromatic carbocycles. The monoisotopic (exact) mass is 411 g/mol. The number of methoxy groups -OCH3 is 1.